The van der Waals surface area contributed by atoms with Gasteiger partial charge in [-0.3, -0.25) is 5.32 Å². The zero-order valence-corrected chi connectivity index (χ0v) is 18.8. The second kappa shape index (κ2) is 10.9. The summed E-state index contributed by atoms with van der Waals surface area (Å²) in [6, 6.07) is 16.6. The molecule has 1 aromatic heterocycles. The van der Waals surface area contributed by atoms with E-state index in [-0.39, 0.29) is 12.2 Å². The largest absolute Gasteiger partial charge is 0.460 e. The Morgan fingerprint density at radius 3 is 2.27 bits per heavy atom. The standard InChI is InChI=1S/C24H27N5O4/c1-24(2,3)33-23(31)29-20-11-7-10-19(14-20)25-12-13-32-21(30)17-15-26-22(27-16-17)28-18-8-5-4-6-9-18/h4-11,14-16,25H,12-13H2,1-3H3,(H,29,31)(H,26,27,28). The molecule has 0 spiro atoms. The summed E-state index contributed by atoms with van der Waals surface area (Å²) >= 11 is 0. The van der Waals surface area contributed by atoms with Crippen molar-refractivity contribution in [1.29, 1.82) is 0 Å². The Labute approximate surface area is 192 Å². The van der Waals surface area contributed by atoms with E-state index in [1.165, 1.54) is 12.4 Å². The number of aromatic nitrogens is 2. The lowest BCUT2D eigenvalue weighted by molar-refractivity contribution is 0.0518. The highest BCUT2D eigenvalue weighted by Crippen LogP contribution is 2.17. The number of rotatable bonds is 8. The Balaban J connectivity index is 1.42. The molecule has 0 radical (unpaired) electrons. The predicted octanol–water partition coefficient (Wildman–Crippen LogP) is 4.84. The Morgan fingerprint density at radius 1 is 0.909 bits per heavy atom. The Kier molecular flexibility index (Phi) is 7.80. The molecule has 3 N–H and O–H groups in total. The first-order chi connectivity index (χ1) is 15.8. The fourth-order valence-corrected chi connectivity index (χ4v) is 2.70. The van der Waals surface area contributed by atoms with E-state index < -0.39 is 17.7 Å². The van der Waals surface area contributed by atoms with Crippen molar-refractivity contribution in [3.05, 3.63) is 72.6 Å². The Morgan fingerprint density at radius 2 is 1.58 bits per heavy atom. The molecule has 9 heteroatoms. The molecule has 9 nitrogen and oxygen atoms in total. The lowest BCUT2D eigenvalue weighted by atomic mass is 10.2. The topological polar surface area (TPSA) is 114 Å². The monoisotopic (exact) mass is 449 g/mol. The van der Waals surface area contributed by atoms with Crippen LogP contribution in [0.3, 0.4) is 0 Å². The van der Waals surface area contributed by atoms with Gasteiger partial charge in [0.2, 0.25) is 5.95 Å². The molecule has 0 saturated carbocycles. The summed E-state index contributed by atoms with van der Waals surface area (Å²) in [4.78, 5) is 32.4. The minimum atomic E-state index is -0.576. The van der Waals surface area contributed by atoms with Crippen LogP contribution in [0.1, 0.15) is 31.1 Å². The molecule has 3 rings (SSSR count). The van der Waals surface area contributed by atoms with Crippen LogP contribution in [0.2, 0.25) is 0 Å². The van der Waals surface area contributed by atoms with E-state index in [1.807, 2.05) is 36.4 Å². The van der Waals surface area contributed by atoms with Gasteiger partial charge in [-0.2, -0.15) is 0 Å². The van der Waals surface area contributed by atoms with Gasteiger partial charge in [-0.1, -0.05) is 24.3 Å². The second-order valence-corrected chi connectivity index (χ2v) is 8.06. The Hall–Kier alpha value is -4.14. The molecule has 1 amide bonds. The maximum absolute atomic E-state index is 12.2. The van der Waals surface area contributed by atoms with E-state index in [4.69, 9.17) is 9.47 Å². The Bertz CT molecular complexity index is 1070. The van der Waals surface area contributed by atoms with Crippen LogP contribution in [-0.2, 0) is 9.47 Å². The van der Waals surface area contributed by atoms with Crippen molar-refractivity contribution in [2.75, 3.05) is 29.1 Å². The van der Waals surface area contributed by atoms with Gasteiger partial charge in [0.05, 0.1) is 5.56 Å². The van der Waals surface area contributed by atoms with Crippen molar-refractivity contribution in [3.8, 4) is 0 Å². The van der Waals surface area contributed by atoms with Crippen LogP contribution in [0.15, 0.2) is 67.0 Å². The lowest BCUT2D eigenvalue weighted by Crippen LogP contribution is -2.27. The van der Waals surface area contributed by atoms with Gasteiger partial charge in [0.1, 0.15) is 12.2 Å². The third-order valence-corrected chi connectivity index (χ3v) is 4.09. The third-order valence-electron chi connectivity index (χ3n) is 4.09. The summed E-state index contributed by atoms with van der Waals surface area (Å²) in [5.74, 6) is -0.123. The van der Waals surface area contributed by atoms with Crippen LogP contribution in [0.25, 0.3) is 0 Å². The highest BCUT2D eigenvalue weighted by molar-refractivity contribution is 5.88. The summed E-state index contributed by atoms with van der Waals surface area (Å²) < 4.78 is 10.5. The van der Waals surface area contributed by atoms with Crippen LogP contribution in [-0.4, -0.2) is 40.8 Å². The summed E-state index contributed by atoms with van der Waals surface area (Å²) in [7, 11) is 0. The fourth-order valence-electron chi connectivity index (χ4n) is 2.70. The van der Waals surface area contributed by atoms with Crippen molar-refractivity contribution in [2.45, 2.75) is 26.4 Å². The molecule has 0 aliphatic rings. The molecule has 1 heterocycles. The van der Waals surface area contributed by atoms with Crippen LogP contribution in [0, 0.1) is 0 Å². The van der Waals surface area contributed by atoms with E-state index in [0.717, 1.165) is 11.4 Å². The maximum atomic E-state index is 12.2. The van der Waals surface area contributed by atoms with Crippen LogP contribution in [0.5, 0.6) is 0 Å². The summed E-state index contributed by atoms with van der Waals surface area (Å²) in [6.07, 6.45) is 2.31. The molecule has 172 valence electrons. The van der Waals surface area contributed by atoms with Crippen molar-refractivity contribution >= 4 is 35.1 Å². The number of hydrogen-bond acceptors (Lipinski definition) is 8. The number of ether oxygens (including phenoxy) is 2. The number of benzene rings is 2. The van der Waals surface area contributed by atoms with E-state index in [1.54, 1.807) is 39.0 Å². The number of nitrogens with zero attached hydrogens (tertiary/aromatic N) is 2. The fraction of sp³-hybridized carbons (Fsp3) is 0.250. The minimum Gasteiger partial charge on any atom is -0.460 e. The van der Waals surface area contributed by atoms with Gasteiger partial charge in [0.15, 0.2) is 0 Å². The van der Waals surface area contributed by atoms with Gasteiger partial charge >= 0.3 is 12.1 Å². The van der Waals surface area contributed by atoms with Crippen LogP contribution in [0.4, 0.5) is 27.8 Å². The number of hydrogen-bond donors (Lipinski definition) is 3. The van der Waals surface area contributed by atoms with Crippen molar-refractivity contribution in [2.24, 2.45) is 0 Å². The average Bonchev–Trinajstić information content (AvgIpc) is 2.77. The average molecular weight is 450 g/mol. The molecule has 2 aromatic carbocycles. The van der Waals surface area contributed by atoms with E-state index in [2.05, 4.69) is 25.9 Å². The van der Waals surface area contributed by atoms with Gasteiger partial charge in [0.25, 0.3) is 0 Å². The zero-order chi connectivity index (χ0) is 23.7. The molecule has 0 aliphatic carbocycles. The van der Waals surface area contributed by atoms with Gasteiger partial charge < -0.3 is 20.1 Å². The second-order valence-electron chi connectivity index (χ2n) is 8.06. The molecule has 0 unspecified atom stereocenters. The van der Waals surface area contributed by atoms with Crippen molar-refractivity contribution in [3.63, 3.8) is 0 Å². The molecule has 33 heavy (non-hydrogen) atoms. The number of anilines is 4. The van der Waals surface area contributed by atoms with Gasteiger partial charge in [-0.05, 0) is 51.1 Å². The van der Waals surface area contributed by atoms with Crippen LogP contribution < -0.4 is 16.0 Å². The lowest BCUT2D eigenvalue weighted by Gasteiger charge is -2.19. The van der Waals surface area contributed by atoms with E-state index in [0.29, 0.717) is 18.2 Å². The first-order valence-corrected chi connectivity index (χ1v) is 10.4. The number of carbonyl (C=O) groups is 2. The zero-order valence-electron chi connectivity index (χ0n) is 18.8. The molecule has 3 aromatic rings. The summed E-state index contributed by atoms with van der Waals surface area (Å²) in [5.41, 5.74) is 1.89. The summed E-state index contributed by atoms with van der Waals surface area (Å²) in [5, 5.41) is 8.87. The first kappa shape index (κ1) is 23.5. The number of amides is 1. The highest BCUT2D eigenvalue weighted by atomic mass is 16.6. The normalized spacial score (nSPS) is 10.8. The molecular weight excluding hydrogens is 422 g/mol. The van der Waals surface area contributed by atoms with Crippen LogP contribution >= 0.6 is 0 Å². The minimum absolute atomic E-state index is 0.145. The van der Waals surface area contributed by atoms with Gasteiger partial charge in [-0.25, -0.2) is 19.6 Å². The summed E-state index contributed by atoms with van der Waals surface area (Å²) in [6.45, 7) is 5.93. The number of esters is 1. The molecule has 0 fully saturated rings. The van der Waals surface area contributed by atoms with E-state index >= 15 is 0 Å². The number of carbonyl (C=O) groups excluding carboxylic acids is 2. The highest BCUT2D eigenvalue weighted by Gasteiger charge is 2.16. The molecule has 0 saturated heterocycles. The van der Waals surface area contributed by atoms with Crippen molar-refractivity contribution in [1.82, 2.24) is 9.97 Å². The maximum Gasteiger partial charge on any atom is 0.412 e. The van der Waals surface area contributed by atoms with E-state index in [9.17, 15) is 9.59 Å². The molecule has 0 aliphatic heterocycles. The van der Waals surface area contributed by atoms with Gasteiger partial charge in [0, 0.05) is 36.0 Å². The predicted molar refractivity (Wildman–Crippen MR) is 127 cm³/mol. The SMILES string of the molecule is CC(C)(C)OC(=O)Nc1cccc(NCCOC(=O)c2cnc(Nc3ccccc3)nc2)c1. The number of nitrogens with one attached hydrogen (secondary N) is 3. The molecule has 0 bridgehead atoms. The quantitative estimate of drug-likeness (QED) is 0.331. The first-order valence-electron chi connectivity index (χ1n) is 10.4. The smallest absolute Gasteiger partial charge is 0.412 e. The molecule has 0 atom stereocenters. The third kappa shape index (κ3) is 8.13. The van der Waals surface area contributed by atoms with Crippen molar-refractivity contribution < 1.29 is 19.1 Å². The van der Waals surface area contributed by atoms with Gasteiger partial charge in [-0.15, -0.1) is 0 Å². The molecular formula is C24H27N5O4. The number of para-hydroxylation sites is 1.